The van der Waals surface area contributed by atoms with Crippen LogP contribution < -0.4 is 17.2 Å². The molecule has 0 aromatic carbocycles. The van der Waals surface area contributed by atoms with Gasteiger partial charge in [0.05, 0.1) is 12.5 Å². The van der Waals surface area contributed by atoms with Gasteiger partial charge in [-0.05, 0) is 0 Å². The first-order valence-electron chi connectivity index (χ1n) is 6.00. The molecule has 2 aromatic rings. The molecule has 0 bridgehead atoms. The van der Waals surface area contributed by atoms with E-state index < -0.39 is 35.1 Å². The van der Waals surface area contributed by atoms with Gasteiger partial charge in [0.1, 0.15) is 5.52 Å². The Balaban J connectivity index is 2.17. The van der Waals surface area contributed by atoms with E-state index in [1.54, 1.807) is 0 Å². The van der Waals surface area contributed by atoms with Gasteiger partial charge in [-0.15, -0.1) is 0 Å². The van der Waals surface area contributed by atoms with E-state index in [2.05, 4.69) is 19.9 Å². The fraction of sp³-hybridized carbons (Fsp3) is 0.400. The first-order chi connectivity index (χ1) is 10.1. The third-order valence-electron chi connectivity index (χ3n) is 3.55. The molecule has 0 spiro atoms. The van der Waals surface area contributed by atoms with Crippen LogP contribution in [-0.4, -0.2) is 58.7 Å². The fourth-order valence-corrected chi connectivity index (χ4v) is 2.22. The van der Waals surface area contributed by atoms with E-state index >= 15 is 0 Å². The van der Waals surface area contributed by atoms with Crippen LogP contribution in [0.15, 0.2) is 12.5 Å². The number of carbonyl (C=O) groups is 1. The fourth-order valence-electron chi connectivity index (χ4n) is 2.22. The van der Waals surface area contributed by atoms with E-state index in [0.29, 0.717) is 5.52 Å². The minimum absolute atomic E-state index is 0.126. The number of fused-ring (bicyclic) bond motifs is 1. The number of primary amides is 1. The van der Waals surface area contributed by atoms with Crippen LogP contribution >= 0.6 is 0 Å². The molecule has 12 heteroatoms. The van der Waals surface area contributed by atoms with Crippen molar-refractivity contribution >= 4 is 17.1 Å². The van der Waals surface area contributed by atoms with Crippen molar-refractivity contribution in [2.24, 2.45) is 17.2 Å². The van der Waals surface area contributed by atoms with E-state index in [1.165, 1.54) is 12.5 Å². The Hall–Kier alpha value is -2.22. The number of carbonyl (C=O) groups excluding carboxylic acids is 1. The Kier molecular flexibility index (Phi) is 2.78. The van der Waals surface area contributed by atoms with Gasteiger partial charge in [-0.25, -0.2) is 15.0 Å². The molecule has 4 atom stereocenters. The Labute approximate surface area is 121 Å². The van der Waals surface area contributed by atoms with Gasteiger partial charge in [-0.1, -0.05) is 0 Å². The number of H-pyrrole nitrogens is 1. The van der Waals surface area contributed by atoms with Gasteiger partial charge >= 0.3 is 0 Å². The van der Waals surface area contributed by atoms with Gasteiger partial charge < -0.3 is 30.8 Å². The molecular formula is C10H13N7O5. The number of hydrogen-bond acceptors (Lipinski definition) is 10. The third-order valence-corrected chi connectivity index (χ3v) is 3.55. The van der Waals surface area contributed by atoms with Crippen LogP contribution in [0.1, 0.15) is 5.82 Å². The molecule has 1 unspecified atom stereocenters. The van der Waals surface area contributed by atoms with Crippen LogP contribution in [0.25, 0.3) is 11.2 Å². The Bertz CT molecular complexity index is 759. The zero-order chi connectivity index (χ0) is 16.3. The van der Waals surface area contributed by atoms with E-state index in [9.17, 15) is 20.1 Å². The maximum Gasteiger partial charge on any atom is 0.277 e. The maximum absolute atomic E-state index is 11.3. The second kappa shape index (κ2) is 4.16. The number of rotatable bonds is 2. The minimum Gasteiger partial charge on any atom is -0.369 e. The highest BCUT2D eigenvalue weighted by atomic mass is 16.7. The van der Waals surface area contributed by atoms with Crippen LogP contribution in [0.2, 0.25) is 0 Å². The van der Waals surface area contributed by atoms with Crippen molar-refractivity contribution in [2.45, 2.75) is 23.3 Å². The zero-order valence-corrected chi connectivity index (χ0v) is 11.0. The lowest BCUT2D eigenvalue weighted by Crippen LogP contribution is -2.73. The van der Waals surface area contributed by atoms with Gasteiger partial charge in [-0.2, -0.15) is 0 Å². The number of nitrogens with zero attached hydrogens (tertiary/aromatic N) is 3. The molecule has 1 fully saturated rings. The number of ether oxygens (including phenoxy) is 1. The topological polar surface area (TPSA) is 220 Å². The van der Waals surface area contributed by atoms with Crippen LogP contribution in [-0.2, 0) is 15.3 Å². The van der Waals surface area contributed by atoms with Crippen LogP contribution in [0, 0.1) is 0 Å². The SMILES string of the molecule is NC(=O)[C@H]1OC(O)(c2ncc3[nH]cnc3n2)[C@](N)(O)[C@]1(N)O. The summed E-state index contributed by atoms with van der Waals surface area (Å²) < 4.78 is 4.92. The summed E-state index contributed by atoms with van der Waals surface area (Å²) >= 11 is 0. The Morgan fingerprint density at radius 2 is 2.00 bits per heavy atom. The Morgan fingerprint density at radius 3 is 2.59 bits per heavy atom. The minimum atomic E-state index is -3.02. The van der Waals surface area contributed by atoms with Crippen LogP contribution in [0.3, 0.4) is 0 Å². The standard InChI is InChI=1S/C10H13N7O5/c11-5(18)4-8(12,19)10(13,21)9(20,22-4)7-14-1-3-6(17-7)16-2-15-3/h1-2,4,19-21H,12-13H2,(H2,11,18)(H,14,15,16,17)/t4-,8-,9?,10-/m1/s1. The summed E-state index contributed by atoms with van der Waals surface area (Å²) in [6, 6.07) is 0. The molecule has 0 aliphatic carbocycles. The highest BCUT2D eigenvalue weighted by Gasteiger charge is 2.74. The number of aliphatic hydroxyl groups is 3. The van der Waals surface area contributed by atoms with Crippen molar-refractivity contribution in [1.82, 2.24) is 19.9 Å². The number of aromatic nitrogens is 4. The molecule has 1 aliphatic heterocycles. The third kappa shape index (κ3) is 1.61. The normalized spacial score (nSPS) is 38.5. The summed E-state index contributed by atoms with van der Waals surface area (Å²) in [7, 11) is 0. The molecule has 22 heavy (non-hydrogen) atoms. The first kappa shape index (κ1) is 14.7. The molecule has 118 valence electrons. The van der Waals surface area contributed by atoms with Gasteiger partial charge in [-0.3, -0.25) is 16.3 Å². The van der Waals surface area contributed by atoms with Crippen LogP contribution in [0.4, 0.5) is 0 Å². The smallest absolute Gasteiger partial charge is 0.277 e. The lowest BCUT2D eigenvalue weighted by molar-refractivity contribution is -0.285. The molecular weight excluding hydrogens is 298 g/mol. The molecule has 3 rings (SSSR count). The first-order valence-corrected chi connectivity index (χ1v) is 6.00. The second-order valence-corrected chi connectivity index (χ2v) is 4.97. The number of imidazole rings is 1. The summed E-state index contributed by atoms with van der Waals surface area (Å²) in [5, 5.41) is 30.8. The highest BCUT2D eigenvalue weighted by Crippen LogP contribution is 2.44. The molecule has 12 nitrogen and oxygen atoms in total. The largest absolute Gasteiger partial charge is 0.369 e. The van der Waals surface area contributed by atoms with Crippen molar-refractivity contribution in [3.8, 4) is 0 Å². The molecule has 1 aliphatic rings. The van der Waals surface area contributed by atoms with Crippen molar-refractivity contribution < 1.29 is 24.9 Å². The predicted octanol–water partition coefficient (Wildman–Crippen LogP) is -4.32. The second-order valence-electron chi connectivity index (χ2n) is 4.97. The van der Waals surface area contributed by atoms with Crippen molar-refractivity contribution in [3.05, 3.63) is 18.3 Å². The van der Waals surface area contributed by atoms with E-state index in [4.69, 9.17) is 21.9 Å². The number of nitrogens with one attached hydrogen (secondary N) is 1. The molecule has 2 aromatic heterocycles. The molecule has 0 radical (unpaired) electrons. The summed E-state index contributed by atoms with van der Waals surface area (Å²) in [4.78, 5) is 25.5. The van der Waals surface area contributed by atoms with Crippen molar-refractivity contribution in [1.29, 1.82) is 0 Å². The monoisotopic (exact) mass is 311 g/mol. The van der Waals surface area contributed by atoms with Gasteiger partial charge in [0.15, 0.2) is 23.3 Å². The summed E-state index contributed by atoms with van der Waals surface area (Å²) in [5.41, 5.74) is 10.6. The number of amides is 1. The maximum atomic E-state index is 11.3. The van der Waals surface area contributed by atoms with E-state index in [0.717, 1.165) is 0 Å². The highest BCUT2D eigenvalue weighted by molar-refractivity contribution is 5.81. The number of nitrogens with two attached hydrogens (primary N) is 3. The van der Waals surface area contributed by atoms with Gasteiger partial charge in [0.2, 0.25) is 5.72 Å². The zero-order valence-electron chi connectivity index (χ0n) is 11.0. The van der Waals surface area contributed by atoms with E-state index in [-0.39, 0.29) is 5.65 Å². The van der Waals surface area contributed by atoms with E-state index in [1.807, 2.05) is 0 Å². The average molecular weight is 311 g/mol. The molecule has 10 N–H and O–H groups in total. The lowest BCUT2D eigenvalue weighted by Gasteiger charge is -2.36. The Morgan fingerprint density at radius 1 is 1.32 bits per heavy atom. The summed E-state index contributed by atoms with van der Waals surface area (Å²) in [6.45, 7) is 0. The quantitative estimate of drug-likeness (QED) is 0.264. The van der Waals surface area contributed by atoms with Gasteiger partial charge in [0, 0.05) is 0 Å². The summed E-state index contributed by atoms with van der Waals surface area (Å²) in [6.07, 6.45) is 0.559. The number of aromatic amines is 1. The molecule has 1 amide bonds. The van der Waals surface area contributed by atoms with Crippen molar-refractivity contribution in [3.63, 3.8) is 0 Å². The molecule has 3 heterocycles. The summed E-state index contributed by atoms with van der Waals surface area (Å²) in [5.74, 6) is -4.68. The lowest BCUT2D eigenvalue weighted by atomic mass is 9.91. The van der Waals surface area contributed by atoms with Crippen molar-refractivity contribution in [2.75, 3.05) is 0 Å². The average Bonchev–Trinajstić information content (AvgIpc) is 2.95. The van der Waals surface area contributed by atoms with Crippen LogP contribution in [0.5, 0.6) is 0 Å². The van der Waals surface area contributed by atoms with Gasteiger partial charge in [0.25, 0.3) is 11.7 Å². The molecule has 0 saturated carbocycles. The predicted molar refractivity (Wildman–Crippen MR) is 67.9 cm³/mol. The molecule has 1 saturated heterocycles. The number of hydrogen-bond donors (Lipinski definition) is 7.